The van der Waals surface area contributed by atoms with Crippen molar-refractivity contribution < 1.29 is 4.74 Å². The van der Waals surface area contributed by atoms with E-state index >= 15 is 0 Å². The first-order valence-electron chi connectivity index (χ1n) is 6.50. The number of ether oxygens (including phenoxy) is 1. The predicted molar refractivity (Wildman–Crippen MR) is 92.7 cm³/mol. The van der Waals surface area contributed by atoms with E-state index in [0.717, 1.165) is 25.7 Å². The fraction of sp³-hybridized carbons (Fsp3) is 0.250. The normalized spacial score (nSPS) is 10.8. The molecule has 0 radical (unpaired) electrons. The zero-order valence-electron chi connectivity index (χ0n) is 11.5. The minimum absolute atomic E-state index is 0.400. The number of rotatable bonds is 5. The third kappa shape index (κ3) is 4.36. The topological polar surface area (TPSA) is 21.3 Å². The fourth-order valence-corrected chi connectivity index (χ4v) is 2.52. The molecule has 0 saturated carbocycles. The average molecular weight is 402 g/mol. The van der Waals surface area contributed by atoms with E-state index in [2.05, 4.69) is 41.8 Å². The second-order valence-corrected chi connectivity index (χ2v) is 6.46. The van der Waals surface area contributed by atoms with Crippen LogP contribution in [0, 0.1) is 3.57 Å². The number of benzene rings is 2. The standard InChI is InChI=1S/C16H17ClINO/c1-11(2)19-10-14-15(17)7-4-8-16(14)20-13-6-3-5-12(18)9-13/h3-9,11,19H,10H2,1-2H3. The lowest BCUT2D eigenvalue weighted by Gasteiger charge is -2.15. The highest BCUT2D eigenvalue weighted by Gasteiger charge is 2.10. The molecule has 1 N–H and O–H groups in total. The van der Waals surface area contributed by atoms with Crippen LogP contribution in [0.3, 0.4) is 0 Å². The van der Waals surface area contributed by atoms with Crippen molar-refractivity contribution in [3.63, 3.8) is 0 Å². The molecule has 0 heterocycles. The van der Waals surface area contributed by atoms with Crippen molar-refractivity contribution in [2.75, 3.05) is 0 Å². The van der Waals surface area contributed by atoms with Crippen molar-refractivity contribution in [1.29, 1.82) is 0 Å². The summed E-state index contributed by atoms with van der Waals surface area (Å²) >= 11 is 8.56. The summed E-state index contributed by atoms with van der Waals surface area (Å²) in [5, 5.41) is 4.10. The summed E-state index contributed by atoms with van der Waals surface area (Å²) in [6, 6.07) is 14.1. The first-order valence-corrected chi connectivity index (χ1v) is 7.96. The molecule has 20 heavy (non-hydrogen) atoms. The van der Waals surface area contributed by atoms with Gasteiger partial charge >= 0.3 is 0 Å². The molecule has 0 fully saturated rings. The SMILES string of the molecule is CC(C)NCc1c(Cl)cccc1Oc1cccc(I)c1. The van der Waals surface area contributed by atoms with Gasteiger partial charge in [-0.1, -0.05) is 37.6 Å². The lowest BCUT2D eigenvalue weighted by atomic mass is 10.2. The van der Waals surface area contributed by atoms with Gasteiger partial charge in [-0.3, -0.25) is 0 Å². The van der Waals surface area contributed by atoms with Crippen LogP contribution in [-0.2, 0) is 6.54 Å². The van der Waals surface area contributed by atoms with E-state index in [4.69, 9.17) is 16.3 Å². The Morgan fingerprint density at radius 1 is 1.20 bits per heavy atom. The van der Waals surface area contributed by atoms with Crippen molar-refractivity contribution in [3.05, 3.63) is 56.6 Å². The molecule has 0 aliphatic rings. The zero-order valence-corrected chi connectivity index (χ0v) is 14.4. The number of hydrogen-bond acceptors (Lipinski definition) is 2. The maximum atomic E-state index is 6.29. The van der Waals surface area contributed by atoms with E-state index in [1.54, 1.807) is 0 Å². The Hall–Kier alpha value is -0.780. The summed E-state index contributed by atoms with van der Waals surface area (Å²) < 4.78 is 7.12. The van der Waals surface area contributed by atoms with Crippen LogP contribution in [0.25, 0.3) is 0 Å². The maximum Gasteiger partial charge on any atom is 0.133 e. The quantitative estimate of drug-likeness (QED) is 0.692. The van der Waals surface area contributed by atoms with Gasteiger partial charge in [0.15, 0.2) is 0 Å². The maximum absolute atomic E-state index is 6.29. The molecular formula is C16H17ClINO. The molecule has 2 aromatic carbocycles. The number of nitrogens with one attached hydrogen (secondary N) is 1. The predicted octanol–water partition coefficient (Wildman–Crippen LogP) is 5.23. The molecule has 106 valence electrons. The molecule has 2 nitrogen and oxygen atoms in total. The first kappa shape index (κ1) is 15.6. The van der Waals surface area contributed by atoms with Crippen LogP contribution in [0.1, 0.15) is 19.4 Å². The van der Waals surface area contributed by atoms with E-state index in [-0.39, 0.29) is 0 Å². The molecule has 4 heteroatoms. The molecule has 0 spiro atoms. The second kappa shape index (κ2) is 7.29. The highest BCUT2D eigenvalue weighted by molar-refractivity contribution is 14.1. The summed E-state index contributed by atoms with van der Waals surface area (Å²) in [4.78, 5) is 0. The molecule has 2 aromatic rings. The van der Waals surface area contributed by atoms with Gasteiger partial charge in [0.1, 0.15) is 11.5 Å². The Morgan fingerprint density at radius 3 is 2.65 bits per heavy atom. The molecule has 0 unspecified atom stereocenters. The Morgan fingerprint density at radius 2 is 1.95 bits per heavy atom. The van der Waals surface area contributed by atoms with Crippen molar-refractivity contribution in [3.8, 4) is 11.5 Å². The molecule has 0 atom stereocenters. The smallest absolute Gasteiger partial charge is 0.133 e. The molecule has 0 amide bonds. The van der Waals surface area contributed by atoms with Crippen molar-refractivity contribution in [2.24, 2.45) is 0 Å². The second-order valence-electron chi connectivity index (χ2n) is 4.81. The van der Waals surface area contributed by atoms with Crippen LogP contribution in [0.15, 0.2) is 42.5 Å². The van der Waals surface area contributed by atoms with Crippen LogP contribution in [0.4, 0.5) is 0 Å². The van der Waals surface area contributed by atoms with Gasteiger partial charge in [0.05, 0.1) is 0 Å². The molecular weight excluding hydrogens is 385 g/mol. The Bertz CT molecular complexity index is 586. The van der Waals surface area contributed by atoms with Crippen LogP contribution in [-0.4, -0.2) is 6.04 Å². The lowest BCUT2D eigenvalue weighted by molar-refractivity contribution is 0.469. The lowest BCUT2D eigenvalue weighted by Crippen LogP contribution is -2.22. The highest BCUT2D eigenvalue weighted by Crippen LogP contribution is 2.31. The third-order valence-electron chi connectivity index (χ3n) is 2.79. The minimum atomic E-state index is 0.400. The van der Waals surface area contributed by atoms with E-state index in [1.807, 2.05) is 42.5 Å². The van der Waals surface area contributed by atoms with Gasteiger partial charge in [0.2, 0.25) is 0 Å². The van der Waals surface area contributed by atoms with E-state index in [0.29, 0.717) is 12.6 Å². The molecule has 2 rings (SSSR count). The average Bonchev–Trinajstić information content (AvgIpc) is 2.38. The zero-order chi connectivity index (χ0) is 14.5. The third-order valence-corrected chi connectivity index (χ3v) is 3.81. The van der Waals surface area contributed by atoms with Crippen LogP contribution < -0.4 is 10.1 Å². The largest absolute Gasteiger partial charge is 0.457 e. The van der Waals surface area contributed by atoms with Gasteiger partial charge in [-0.2, -0.15) is 0 Å². The van der Waals surface area contributed by atoms with Gasteiger partial charge in [-0.05, 0) is 52.9 Å². The van der Waals surface area contributed by atoms with Gasteiger partial charge in [0, 0.05) is 26.7 Å². The van der Waals surface area contributed by atoms with Crippen LogP contribution in [0.5, 0.6) is 11.5 Å². The number of halogens is 2. The highest BCUT2D eigenvalue weighted by atomic mass is 127. The van der Waals surface area contributed by atoms with Gasteiger partial charge in [-0.25, -0.2) is 0 Å². The molecule has 0 aromatic heterocycles. The van der Waals surface area contributed by atoms with Crippen molar-refractivity contribution in [1.82, 2.24) is 5.32 Å². The van der Waals surface area contributed by atoms with Crippen molar-refractivity contribution in [2.45, 2.75) is 26.4 Å². The first-order chi connectivity index (χ1) is 9.56. The molecule has 0 aliphatic heterocycles. The Labute approximate surface area is 138 Å². The fourth-order valence-electron chi connectivity index (χ4n) is 1.77. The van der Waals surface area contributed by atoms with Crippen LogP contribution in [0.2, 0.25) is 5.02 Å². The molecule has 0 aliphatic carbocycles. The van der Waals surface area contributed by atoms with Gasteiger partial charge < -0.3 is 10.1 Å². The van der Waals surface area contributed by atoms with E-state index < -0.39 is 0 Å². The van der Waals surface area contributed by atoms with Gasteiger partial charge in [-0.15, -0.1) is 0 Å². The Balaban J connectivity index is 2.24. The molecule has 0 saturated heterocycles. The Kier molecular flexibility index (Phi) is 5.69. The summed E-state index contributed by atoms with van der Waals surface area (Å²) in [6.07, 6.45) is 0. The number of hydrogen-bond donors (Lipinski definition) is 1. The monoisotopic (exact) mass is 401 g/mol. The van der Waals surface area contributed by atoms with Gasteiger partial charge in [0.25, 0.3) is 0 Å². The summed E-state index contributed by atoms with van der Waals surface area (Å²) in [7, 11) is 0. The summed E-state index contributed by atoms with van der Waals surface area (Å²) in [5.74, 6) is 1.62. The minimum Gasteiger partial charge on any atom is -0.457 e. The van der Waals surface area contributed by atoms with E-state index in [1.165, 1.54) is 0 Å². The molecule has 0 bridgehead atoms. The summed E-state index contributed by atoms with van der Waals surface area (Å²) in [5.41, 5.74) is 0.988. The van der Waals surface area contributed by atoms with Crippen LogP contribution >= 0.6 is 34.2 Å². The summed E-state index contributed by atoms with van der Waals surface area (Å²) in [6.45, 7) is 4.91. The van der Waals surface area contributed by atoms with E-state index in [9.17, 15) is 0 Å². The van der Waals surface area contributed by atoms with Crippen molar-refractivity contribution >= 4 is 34.2 Å².